The Morgan fingerprint density at radius 1 is 1.37 bits per heavy atom. The van der Waals surface area contributed by atoms with Crippen molar-refractivity contribution in [1.29, 1.82) is 0 Å². The minimum atomic E-state index is -0.568. The molecule has 0 radical (unpaired) electrons. The number of hydrogen-bond acceptors (Lipinski definition) is 3. The smallest absolute Gasteiger partial charge is 0.233 e. The summed E-state index contributed by atoms with van der Waals surface area (Å²) in [6, 6.07) is 3.76. The van der Waals surface area contributed by atoms with E-state index in [1.165, 1.54) is 0 Å². The van der Waals surface area contributed by atoms with E-state index >= 15 is 0 Å². The van der Waals surface area contributed by atoms with Crippen molar-refractivity contribution >= 4 is 17.5 Å². The largest absolute Gasteiger partial charge is 0.376 e. The Kier molecular flexibility index (Phi) is 2.84. The number of nitrogens with zero attached hydrogens (tertiary/aromatic N) is 1. The second kappa shape index (κ2) is 4.18. The fraction of sp³-hybridized carbons (Fsp3) is 0.571. The number of amides is 1. The SMILES string of the molecule is CCC1(CC)C(=O)NC2(COC2)c2ccc(Cl)nc21. The van der Waals surface area contributed by atoms with Gasteiger partial charge in [0.05, 0.1) is 24.3 Å². The van der Waals surface area contributed by atoms with Crippen LogP contribution in [0.3, 0.4) is 0 Å². The predicted molar refractivity (Wildman–Crippen MR) is 72.1 cm³/mol. The summed E-state index contributed by atoms with van der Waals surface area (Å²) in [4.78, 5) is 17.1. The van der Waals surface area contributed by atoms with Crippen molar-refractivity contribution in [2.24, 2.45) is 0 Å². The van der Waals surface area contributed by atoms with Gasteiger partial charge in [-0.15, -0.1) is 0 Å². The summed E-state index contributed by atoms with van der Waals surface area (Å²) < 4.78 is 5.31. The van der Waals surface area contributed by atoms with Gasteiger partial charge in [0.2, 0.25) is 5.91 Å². The summed E-state index contributed by atoms with van der Waals surface area (Å²) in [5.41, 5.74) is 0.933. The maximum Gasteiger partial charge on any atom is 0.233 e. The molecule has 0 saturated carbocycles. The molecule has 0 bridgehead atoms. The van der Waals surface area contributed by atoms with Gasteiger partial charge in [0, 0.05) is 5.56 Å². The van der Waals surface area contributed by atoms with Crippen LogP contribution in [-0.2, 0) is 20.5 Å². The Morgan fingerprint density at radius 2 is 2.05 bits per heavy atom. The molecule has 1 saturated heterocycles. The van der Waals surface area contributed by atoms with Crippen LogP contribution in [0.1, 0.15) is 37.9 Å². The third kappa shape index (κ3) is 1.56. The zero-order chi connectivity index (χ0) is 13.7. The topological polar surface area (TPSA) is 51.2 Å². The molecule has 19 heavy (non-hydrogen) atoms. The number of nitrogens with one attached hydrogen (secondary N) is 1. The summed E-state index contributed by atoms with van der Waals surface area (Å²) >= 11 is 6.05. The van der Waals surface area contributed by atoms with E-state index < -0.39 is 11.0 Å². The van der Waals surface area contributed by atoms with E-state index in [-0.39, 0.29) is 5.91 Å². The molecule has 3 heterocycles. The molecule has 0 atom stereocenters. The summed E-state index contributed by atoms with van der Waals surface area (Å²) in [5.74, 6) is 0.0445. The quantitative estimate of drug-likeness (QED) is 0.845. The molecule has 1 spiro atoms. The number of halogens is 1. The van der Waals surface area contributed by atoms with Gasteiger partial charge in [0.25, 0.3) is 0 Å². The average molecular weight is 281 g/mol. The second-order valence-corrected chi connectivity index (χ2v) is 5.74. The number of fused-ring (bicyclic) bond motifs is 2. The molecule has 1 amide bonds. The first-order chi connectivity index (χ1) is 9.08. The van der Waals surface area contributed by atoms with Crippen LogP contribution in [0, 0.1) is 0 Å². The summed E-state index contributed by atoms with van der Waals surface area (Å²) in [6.07, 6.45) is 1.43. The van der Waals surface area contributed by atoms with Crippen molar-refractivity contribution in [2.75, 3.05) is 13.2 Å². The number of pyridine rings is 1. The van der Waals surface area contributed by atoms with Crippen molar-refractivity contribution in [2.45, 2.75) is 37.6 Å². The van der Waals surface area contributed by atoms with Crippen molar-refractivity contribution in [3.63, 3.8) is 0 Å². The molecule has 3 rings (SSSR count). The lowest BCUT2D eigenvalue weighted by Gasteiger charge is -2.50. The molecular formula is C14H17ClN2O2. The third-order valence-electron chi connectivity index (χ3n) is 4.52. The fourth-order valence-electron chi connectivity index (χ4n) is 3.14. The van der Waals surface area contributed by atoms with E-state index in [2.05, 4.69) is 10.3 Å². The highest BCUT2D eigenvalue weighted by atomic mass is 35.5. The molecule has 4 nitrogen and oxygen atoms in total. The zero-order valence-corrected chi connectivity index (χ0v) is 11.9. The van der Waals surface area contributed by atoms with Crippen LogP contribution in [0.2, 0.25) is 5.15 Å². The lowest BCUT2D eigenvalue weighted by Crippen LogP contribution is -2.67. The molecular weight excluding hydrogens is 264 g/mol. The van der Waals surface area contributed by atoms with Crippen molar-refractivity contribution in [1.82, 2.24) is 10.3 Å². The van der Waals surface area contributed by atoms with Crippen LogP contribution in [0.4, 0.5) is 0 Å². The van der Waals surface area contributed by atoms with Gasteiger partial charge in [0.1, 0.15) is 10.7 Å². The highest BCUT2D eigenvalue weighted by Crippen LogP contribution is 2.44. The summed E-state index contributed by atoms with van der Waals surface area (Å²) in [7, 11) is 0. The number of carbonyl (C=O) groups is 1. The van der Waals surface area contributed by atoms with Crippen LogP contribution in [0.25, 0.3) is 0 Å². The highest BCUT2D eigenvalue weighted by Gasteiger charge is 2.54. The van der Waals surface area contributed by atoms with E-state index in [4.69, 9.17) is 16.3 Å². The van der Waals surface area contributed by atoms with Gasteiger partial charge in [-0.3, -0.25) is 4.79 Å². The van der Waals surface area contributed by atoms with Crippen LogP contribution in [0.15, 0.2) is 12.1 Å². The standard InChI is InChI=1S/C14H17ClN2O2/c1-3-13(4-2)11-9(5-6-10(15)16-11)14(7-19-8-14)17-12(13)18/h5-6H,3-4,7-8H2,1-2H3,(H,17,18). The zero-order valence-electron chi connectivity index (χ0n) is 11.1. The number of ether oxygens (including phenoxy) is 1. The number of hydrogen-bond donors (Lipinski definition) is 1. The van der Waals surface area contributed by atoms with Crippen LogP contribution >= 0.6 is 11.6 Å². The molecule has 0 aromatic carbocycles. The highest BCUT2D eigenvalue weighted by molar-refractivity contribution is 6.29. The molecule has 0 unspecified atom stereocenters. The predicted octanol–water partition coefficient (Wildman–Crippen LogP) is 2.15. The molecule has 0 aliphatic carbocycles. The minimum Gasteiger partial charge on any atom is -0.376 e. The van der Waals surface area contributed by atoms with E-state index in [9.17, 15) is 4.79 Å². The molecule has 1 fully saturated rings. The molecule has 5 heteroatoms. The van der Waals surface area contributed by atoms with Crippen LogP contribution in [0.5, 0.6) is 0 Å². The van der Waals surface area contributed by atoms with Gasteiger partial charge in [-0.05, 0) is 18.9 Å². The fourth-order valence-corrected chi connectivity index (χ4v) is 3.29. The number of aromatic nitrogens is 1. The summed E-state index contributed by atoms with van der Waals surface area (Å²) in [5, 5.41) is 3.59. The van der Waals surface area contributed by atoms with E-state index in [0.29, 0.717) is 31.2 Å². The third-order valence-corrected chi connectivity index (χ3v) is 4.73. The minimum absolute atomic E-state index is 0.0445. The maximum absolute atomic E-state index is 12.6. The van der Waals surface area contributed by atoms with Gasteiger partial charge < -0.3 is 10.1 Å². The van der Waals surface area contributed by atoms with E-state index in [1.807, 2.05) is 19.9 Å². The molecule has 2 aliphatic heterocycles. The molecule has 102 valence electrons. The molecule has 1 aromatic heterocycles. The van der Waals surface area contributed by atoms with E-state index in [1.54, 1.807) is 6.07 Å². The average Bonchev–Trinajstić information content (AvgIpc) is 2.36. The molecule has 2 aliphatic rings. The Bertz CT molecular complexity index is 536. The Hall–Kier alpha value is -1.13. The first-order valence-electron chi connectivity index (χ1n) is 6.66. The van der Waals surface area contributed by atoms with Crippen LogP contribution in [-0.4, -0.2) is 24.1 Å². The first kappa shape index (κ1) is 12.9. The van der Waals surface area contributed by atoms with Gasteiger partial charge >= 0.3 is 0 Å². The van der Waals surface area contributed by atoms with Gasteiger partial charge in [-0.25, -0.2) is 4.98 Å². The van der Waals surface area contributed by atoms with Crippen molar-refractivity contribution in [3.8, 4) is 0 Å². The molecule has 1 N–H and O–H groups in total. The number of rotatable bonds is 2. The monoisotopic (exact) mass is 280 g/mol. The van der Waals surface area contributed by atoms with Crippen molar-refractivity contribution in [3.05, 3.63) is 28.5 Å². The Morgan fingerprint density at radius 3 is 2.58 bits per heavy atom. The van der Waals surface area contributed by atoms with Gasteiger partial charge in [-0.2, -0.15) is 0 Å². The number of carbonyl (C=O) groups excluding carboxylic acids is 1. The van der Waals surface area contributed by atoms with Crippen LogP contribution < -0.4 is 5.32 Å². The van der Waals surface area contributed by atoms with E-state index in [0.717, 1.165) is 11.3 Å². The van der Waals surface area contributed by atoms with Gasteiger partial charge in [0.15, 0.2) is 0 Å². The Labute approximate surface area is 117 Å². The first-order valence-corrected chi connectivity index (χ1v) is 7.03. The second-order valence-electron chi connectivity index (χ2n) is 5.35. The Balaban J connectivity index is 2.24. The molecule has 1 aromatic rings. The maximum atomic E-state index is 12.6. The summed E-state index contributed by atoms with van der Waals surface area (Å²) in [6.45, 7) is 5.06. The normalized spacial score (nSPS) is 22.6. The lowest BCUT2D eigenvalue weighted by molar-refractivity contribution is -0.143. The lowest BCUT2D eigenvalue weighted by atomic mass is 9.68. The van der Waals surface area contributed by atoms with Gasteiger partial charge in [-0.1, -0.05) is 31.5 Å². The van der Waals surface area contributed by atoms with Crippen molar-refractivity contribution < 1.29 is 9.53 Å².